The Hall–Kier alpha value is -3.70. The number of carboxylic acid groups (broad SMARTS) is 3. The van der Waals surface area contributed by atoms with E-state index in [4.69, 9.17) is 36.3 Å². The minimum Gasteiger partial charge on any atom is -0.542 e. The van der Waals surface area contributed by atoms with Crippen LogP contribution in [0.2, 0.25) is 5.02 Å². The van der Waals surface area contributed by atoms with Gasteiger partial charge in [-0.2, -0.15) is 4.98 Å². The number of aliphatic hydroxyl groups excluding tert-OH is 1. The number of nitrogens with one attached hydrogen (secondary N) is 1. The number of carbonyl (C=O) groups is 3. The summed E-state index contributed by atoms with van der Waals surface area (Å²) in [6, 6.07) is 18.1. The molecule has 0 unspecified atom stereocenters. The predicted molar refractivity (Wildman–Crippen MR) is 181 cm³/mol. The van der Waals surface area contributed by atoms with Crippen LogP contribution in [-0.4, -0.2) is 51.5 Å². The summed E-state index contributed by atoms with van der Waals surface area (Å²) in [5, 5.41) is 45.9. The Kier molecular flexibility index (Phi) is 14.9. The Labute approximate surface area is 351 Å². The fraction of sp³-hybridized carbons (Fsp3) is 0.250. The van der Waals surface area contributed by atoms with E-state index >= 15 is 0 Å². The van der Waals surface area contributed by atoms with E-state index in [1.807, 2.05) is 26.8 Å². The third-order valence-electron chi connectivity index (χ3n) is 8.10. The van der Waals surface area contributed by atoms with Crippen LogP contribution < -0.4 is 95.3 Å². The van der Waals surface area contributed by atoms with Gasteiger partial charge in [-0.15, -0.1) is 0 Å². The van der Waals surface area contributed by atoms with Crippen LogP contribution in [0.15, 0.2) is 75.9 Å². The SMILES string of the molecule is CC(C)c1ccc2oc3nc(N)c(C(=O)O)cc3c(=O)c2c1.C[C@H](Cc1ccc2c(c1)OC(C(=O)[O-])(C(=O)[O-])O2)NC[C@H](O)c1cccc(Cl)c1.[Na+].[Na+]. The van der Waals surface area contributed by atoms with Gasteiger partial charge in [-0.1, -0.05) is 49.7 Å². The first-order chi connectivity index (χ1) is 24.1. The summed E-state index contributed by atoms with van der Waals surface area (Å²) in [4.78, 5) is 50.0. The molecule has 0 saturated heterocycles. The molecule has 3 aromatic carbocycles. The molecule has 2 atom stereocenters. The van der Waals surface area contributed by atoms with Crippen LogP contribution in [0.3, 0.4) is 0 Å². The Morgan fingerprint density at radius 1 is 0.925 bits per heavy atom. The molecule has 0 spiro atoms. The number of anilines is 1. The van der Waals surface area contributed by atoms with Crippen LogP contribution in [-0.2, 0) is 16.0 Å². The van der Waals surface area contributed by atoms with Crippen molar-refractivity contribution in [2.24, 2.45) is 0 Å². The molecule has 266 valence electrons. The topological polar surface area (TPSA) is 237 Å². The average molecular weight is 764 g/mol. The number of ether oxygens (including phenoxy) is 2. The number of nitrogens with zero attached hydrogens (tertiary/aromatic N) is 1. The number of aromatic nitrogens is 1. The maximum atomic E-state index is 12.6. The Bertz CT molecular complexity index is 2220. The van der Waals surface area contributed by atoms with E-state index in [2.05, 4.69) is 10.3 Å². The normalized spacial score (nSPS) is 13.6. The zero-order valence-electron chi connectivity index (χ0n) is 29.5. The molecule has 0 bridgehead atoms. The van der Waals surface area contributed by atoms with Gasteiger partial charge in [0.25, 0.3) is 0 Å². The molecule has 2 aromatic heterocycles. The fourth-order valence-electron chi connectivity index (χ4n) is 5.34. The monoisotopic (exact) mass is 763 g/mol. The molecule has 1 aliphatic rings. The quantitative estimate of drug-likeness (QED) is 0.0609. The van der Waals surface area contributed by atoms with E-state index < -0.39 is 29.8 Å². The Morgan fingerprint density at radius 3 is 2.23 bits per heavy atom. The van der Waals surface area contributed by atoms with E-state index in [0.717, 1.165) is 11.1 Å². The minimum atomic E-state index is -2.99. The van der Waals surface area contributed by atoms with Crippen molar-refractivity contribution in [3.8, 4) is 11.5 Å². The average Bonchev–Trinajstić information content (AvgIpc) is 3.48. The van der Waals surface area contributed by atoms with Crippen molar-refractivity contribution in [3.05, 3.63) is 104 Å². The molecule has 1 aliphatic heterocycles. The van der Waals surface area contributed by atoms with Crippen molar-refractivity contribution in [1.29, 1.82) is 0 Å². The number of nitrogens with two attached hydrogens (primary N) is 1. The second-order valence-electron chi connectivity index (χ2n) is 12.2. The first-order valence-corrected chi connectivity index (χ1v) is 16.0. The van der Waals surface area contributed by atoms with Crippen LogP contribution in [0.4, 0.5) is 5.82 Å². The second-order valence-corrected chi connectivity index (χ2v) is 12.6. The summed E-state index contributed by atoms with van der Waals surface area (Å²) < 4.78 is 15.5. The van der Waals surface area contributed by atoms with E-state index in [1.165, 1.54) is 18.2 Å². The smallest absolute Gasteiger partial charge is 0.542 e. The molecule has 5 N–H and O–H groups in total. The Balaban J connectivity index is 0.000000284. The molecule has 14 nitrogen and oxygen atoms in total. The van der Waals surface area contributed by atoms with Crippen molar-refractivity contribution >= 4 is 57.4 Å². The van der Waals surface area contributed by atoms with Crippen LogP contribution in [0, 0.1) is 0 Å². The van der Waals surface area contributed by atoms with Crippen molar-refractivity contribution in [2.75, 3.05) is 12.3 Å². The third kappa shape index (κ3) is 9.70. The summed E-state index contributed by atoms with van der Waals surface area (Å²) in [5.41, 5.74) is 7.95. The number of pyridine rings is 1. The number of aliphatic carboxylic acids is 2. The maximum absolute atomic E-state index is 12.6. The van der Waals surface area contributed by atoms with Gasteiger partial charge in [-0.3, -0.25) is 4.79 Å². The van der Waals surface area contributed by atoms with Crippen LogP contribution in [0.25, 0.3) is 22.1 Å². The van der Waals surface area contributed by atoms with Crippen molar-refractivity contribution in [1.82, 2.24) is 10.3 Å². The van der Waals surface area contributed by atoms with Gasteiger partial charge in [0.1, 0.15) is 28.9 Å². The number of aliphatic hydroxyl groups is 1. The number of aromatic carboxylic acids is 1. The van der Waals surface area contributed by atoms with Gasteiger partial charge in [0.15, 0.2) is 11.5 Å². The number of hydrogen-bond acceptors (Lipinski definition) is 13. The number of carboxylic acids is 3. The van der Waals surface area contributed by atoms with Crippen LogP contribution in [0.5, 0.6) is 11.5 Å². The van der Waals surface area contributed by atoms with Crippen LogP contribution in [0.1, 0.15) is 59.8 Å². The molecule has 0 fully saturated rings. The zero-order chi connectivity index (χ0) is 37.2. The molecule has 0 amide bonds. The molecule has 17 heteroatoms. The largest absolute Gasteiger partial charge is 1.00 e. The number of nitrogen functional groups attached to an aromatic ring is 1. The number of fused-ring (bicyclic) bond motifs is 3. The number of rotatable bonds is 10. The van der Waals surface area contributed by atoms with Crippen molar-refractivity contribution in [3.63, 3.8) is 0 Å². The predicted octanol–water partition coefficient (Wildman–Crippen LogP) is -3.69. The minimum absolute atomic E-state index is 0. The zero-order valence-corrected chi connectivity index (χ0v) is 34.2. The number of hydrogen-bond donors (Lipinski definition) is 4. The van der Waals surface area contributed by atoms with E-state index in [1.54, 1.807) is 42.5 Å². The molecule has 3 heterocycles. The summed E-state index contributed by atoms with van der Waals surface area (Å²) in [5.74, 6) is -8.31. The first kappa shape index (κ1) is 43.7. The van der Waals surface area contributed by atoms with Gasteiger partial charge in [-0.05, 0) is 78.4 Å². The van der Waals surface area contributed by atoms with Gasteiger partial charge >= 0.3 is 70.9 Å². The summed E-state index contributed by atoms with van der Waals surface area (Å²) >= 11 is 5.93. The van der Waals surface area contributed by atoms with Gasteiger partial charge in [0, 0.05) is 17.6 Å². The standard InChI is InChI=1S/C20H20ClNO7.C16H14N2O4.2Na/c1-11(22-10-15(23)13-3-2-4-14(21)9-13)7-12-5-6-16-17(8-12)29-20(28-16,18(24)25)19(26)27;1-7(2)8-3-4-12-9(5-8)13(19)10-6-11(16(20)21)14(17)18-15(10)22-12;;/h2-6,8-9,11,15,22-23H,7,10H2,1H3,(H,24,25)(H,26,27);3-7H,1-2H3,(H2,17,18)(H,20,21);;/q;;2*+1/p-2/t11-,15+;;;/m1.../s1. The molecular formula is C36H32ClN3Na2O11. The van der Waals surface area contributed by atoms with Crippen molar-refractivity contribution < 1.29 is 108 Å². The molecule has 0 radical (unpaired) electrons. The second kappa shape index (κ2) is 18.1. The molecular weight excluding hydrogens is 732 g/mol. The fourth-order valence-corrected chi connectivity index (χ4v) is 5.54. The summed E-state index contributed by atoms with van der Waals surface area (Å²) in [6.45, 7) is 6.25. The van der Waals surface area contributed by atoms with Gasteiger partial charge < -0.3 is 55.0 Å². The molecule has 0 saturated carbocycles. The molecule has 53 heavy (non-hydrogen) atoms. The Morgan fingerprint density at radius 2 is 1.60 bits per heavy atom. The molecule has 6 rings (SSSR count). The number of carbonyl (C=O) groups excluding carboxylic acids is 2. The number of benzene rings is 3. The van der Waals surface area contributed by atoms with E-state index in [0.29, 0.717) is 34.5 Å². The van der Waals surface area contributed by atoms with E-state index in [-0.39, 0.29) is 110 Å². The maximum Gasteiger partial charge on any atom is 1.00 e. The van der Waals surface area contributed by atoms with Crippen molar-refractivity contribution in [2.45, 2.75) is 51.0 Å². The summed E-state index contributed by atoms with van der Waals surface area (Å²) in [6.07, 6.45) is -0.234. The van der Waals surface area contributed by atoms with Gasteiger partial charge in [0.05, 0.1) is 16.9 Å². The first-order valence-electron chi connectivity index (χ1n) is 15.6. The van der Waals surface area contributed by atoms with Crippen LogP contribution >= 0.6 is 11.6 Å². The summed E-state index contributed by atoms with van der Waals surface area (Å²) in [7, 11) is 0. The molecule has 5 aromatic rings. The van der Waals surface area contributed by atoms with Gasteiger partial charge in [0.2, 0.25) is 11.1 Å². The third-order valence-corrected chi connectivity index (χ3v) is 8.34. The molecule has 0 aliphatic carbocycles. The van der Waals surface area contributed by atoms with Gasteiger partial charge in [-0.25, -0.2) is 4.79 Å². The number of halogens is 1. The van der Waals surface area contributed by atoms with E-state index in [9.17, 15) is 34.5 Å².